The van der Waals surface area contributed by atoms with Crippen LogP contribution in [0.2, 0.25) is 0 Å². The molecule has 2 nitrogen and oxygen atoms in total. The van der Waals surface area contributed by atoms with E-state index in [2.05, 4.69) is 5.92 Å². The molecule has 0 aromatic heterocycles. The Labute approximate surface area is 94.7 Å². The Hall–Kier alpha value is -2.40. The summed E-state index contributed by atoms with van der Waals surface area (Å²) in [6.45, 7) is 0. The number of para-hydroxylation sites is 3. The first-order valence-electron chi connectivity index (χ1n) is 4.89. The van der Waals surface area contributed by atoms with E-state index in [-0.39, 0.29) is 0 Å². The molecule has 0 aliphatic carbocycles. The molecule has 0 aliphatic rings. The number of benzene rings is 2. The van der Waals surface area contributed by atoms with Crippen LogP contribution in [0.15, 0.2) is 48.5 Å². The van der Waals surface area contributed by atoms with Gasteiger partial charge in [0.1, 0.15) is 11.5 Å². The van der Waals surface area contributed by atoms with Gasteiger partial charge in [-0.2, -0.15) is 0 Å². The van der Waals surface area contributed by atoms with E-state index in [0.717, 1.165) is 0 Å². The first kappa shape index (κ1) is 10.1. The average molecular weight is 209 g/mol. The maximum atomic E-state index is 5.78. The lowest BCUT2D eigenvalue weighted by atomic mass is 10.2. The molecule has 0 saturated heterocycles. The lowest BCUT2D eigenvalue weighted by molar-refractivity contribution is 0.483. The second-order valence-corrected chi connectivity index (χ2v) is 3.28. The highest BCUT2D eigenvalue weighted by Gasteiger charge is 2.03. The number of ether oxygens (including phenoxy) is 1. The standard InChI is InChI=1S/C14H11NO/c1-2-11-7-3-5-9-13(11)16-14-10-6-4-8-12(14)15/h1,3-10H,15H2. The Morgan fingerprint density at radius 1 is 0.938 bits per heavy atom. The lowest BCUT2D eigenvalue weighted by Crippen LogP contribution is -1.92. The van der Waals surface area contributed by atoms with Crippen molar-refractivity contribution in [2.75, 3.05) is 5.73 Å². The molecule has 0 fully saturated rings. The predicted molar refractivity (Wildman–Crippen MR) is 65.3 cm³/mol. The van der Waals surface area contributed by atoms with Gasteiger partial charge in [-0.05, 0) is 24.3 Å². The second kappa shape index (κ2) is 4.41. The van der Waals surface area contributed by atoms with Gasteiger partial charge < -0.3 is 10.5 Å². The van der Waals surface area contributed by atoms with E-state index >= 15 is 0 Å². The zero-order valence-corrected chi connectivity index (χ0v) is 8.68. The van der Waals surface area contributed by atoms with Gasteiger partial charge in [-0.15, -0.1) is 6.42 Å². The van der Waals surface area contributed by atoms with Crippen LogP contribution in [0.5, 0.6) is 11.5 Å². The molecule has 0 radical (unpaired) electrons. The molecule has 0 bridgehead atoms. The maximum absolute atomic E-state index is 5.78. The van der Waals surface area contributed by atoms with Gasteiger partial charge in [0.25, 0.3) is 0 Å². The third kappa shape index (κ3) is 1.99. The summed E-state index contributed by atoms with van der Waals surface area (Å²) in [5.41, 5.74) is 7.09. The van der Waals surface area contributed by atoms with Gasteiger partial charge in [0.15, 0.2) is 0 Å². The van der Waals surface area contributed by atoms with Gasteiger partial charge in [0.2, 0.25) is 0 Å². The quantitative estimate of drug-likeness (QED) is 0.609. The van der Waals surface area contributed by atoms with Gasteiger partial charge in [-0.25, -0.2) is 0 Å². The van der Waals surface area contributed by atoms with Crippen molar-refractivity contribution in [3.63, 3.8) is 0 Å². The highest BCUT2D eigenvalue weighted by molar-refractivity contribution is 5.55. The third-order valence-corrected chi connectivity index (χ3v) is 2.18. The molecule has 16 heavy (non-hydrogen) atoms. The number of rotatable bonds is 2. The van der Waals surface area contributed by atoms with Crippen molar-refractivity contribution in [2.24, 2.45) is 0 Å². The summed E-state index contributed by atoms with van der Waals surface area (Å²) in [6.07, 6.45) is 5.38. The Morgan fingerprint density at radius 3 is 2.25 bits per heavy atom. The van der Waals surface area contributed by atoms with Crippen LogP contribution < -0.4 is 10.5 Å². The number of terminal acetylenes is 1. The normalized spacial score (nSPS) is 9.44. The summed E-state index contributed by atoms with van der Waals surface area (Å²) >= 11 is 0. The Morgan fingerprint density at radius 2 is 1.56 bits per heavy atom. The van der Waals surface area contributed by atoms with Gasteiger partial charge in [0, 0.05) is 0 Å². The molecule has 2 rings (SSSR count). The van der Waals surface area contributed by atoms with Crippen molar-refractivity contribution in [3.8, 4) is 23.8 Å². The molecule has 0 amide bonds. The fourth-order valence-electron chi connectivity index (χ4n) is 1.37. The van der Waals surface area contributed by atoms with Crippen LogP contribution in [-0.4, -0.2) is 0 Å². The van der Waals surface area contributed by atoms with E-state index in [4.69, 9.17) is 16.9 Å². The summed E-state index contributed by atoms with van der Waals surface area (Å²) in [6, 6.07) is 14.7. The molecule has 2 heteroatoms. The van der Waals surface area contributed by atoms with Crippen molar-refractivity contribution in [2.45, 2.75) is 0 Å². The molecule has 0 heterocycles. The van der Waals surface area contributed by atoms with Crippen molar-refractivity contribution in [1.82, 2.24) is 0 Å². The maximum Gasteiger partial charge on any atom is 0.150 e. The zero-order valence-electron chi connectivity index (χ0n) is 8.68. The van der Waals surface area contributed by atoms with Crippen LogP contribution in [0.3, 0.4) is 0 Å². The zero-order chi connectivity index (χ0) is 11.4. The fourth-order valence-corrected chi connectivity index (χ4v) is 1.37. The molecular formula is C14H11NO. The Balaban J connectivity index is 2.35. The molecule has 2 N–H and O–H groups in total. The molecule has 2 aromatic rings. The van der Waals surface area contributed by atoms with E-state index in [1.807, 2.05) is 42.5 Å². The van der Waals surface area contributed by atoms with E-state index in [1.165, 1.54) is 0 Å². The van der Waals surface area contributed by atoms with Gasteiger partial charge in [-0.1, -0.05) is 30.2 Å². The molecular weight excluding hydrogens is 198 g/mol. The summed E-state index contributed by atoms with van der Waals surface area (Å²) in [4.78, 5) is 0. The SMILES string of the molecule is C#Cc1ccccc1Oc1ccccc1N. The van der Waals surface area contributed by atoms with Crippen molar-refractivity contribution in [3.05, 3.63) is 54.1 Å². The molecule has 0 spiro atoms. The minimum Gasteiger partial charge on any atom is -0.454 e. The van der Waals surface area contributed by atoms with E-state index < -0.39 is 0 Å². The van der Waals surface area contributed by atoms with Crippen molar-refractivity contribution < 1.29 is 4.74 Å². The van der Waals surface area contributed by atoms with E-state index in [1.54, 1.807) is 6.07 Å². The molecule has 0 atom stereocenters. The van der Waals surface area contributed by atoms with Gasteiger partial charge in [0.05, 0.1) is 11.3 Å². The predicted octanol–water partition coefficient (Wildman–Crippen LogP) is 3.04. The number of hydrogen-bond acceptors (Lipinski definition) is 2. The lowest BCUT2D eigenvalue weighted by Gasteiger charge is -2.09. The largest absolute Gasteiger partial charge is 0.454 e. The van der Waals surface area contributed by atoms with E-state index in [9.17, 15) is 0 Å². The Kier molecular flexibility index (Phi) is 2.79. The highest BCUT2D eigenvalue weighted by Crippen LogP contribution is 2.28. The topological polar surface area (TPSA) is 35.2 Å². The molecule has 2 aromatic carbocycles. The van der Waals surface area contributed by atoms with Crippen molar-refractivity contribution >= 4 is 5.69 Å². The van der Waals surface area contributed by atoms with Crippen molar-refractivity contribution in [1.29, 1.82) is 0 Å². The van der Waals surface area contributed by atoms with Gasteiger partial charge >= 0.3 is 0 Å². The first-order chi connectivity index (χ1) is 7.81. The van der Waals surface area contributed by atoms with Crippen LogP contribution >= 0.6 is 0 Å². The summed E-state index contributed by atoms with van der Waals surface area (Å²) < 4.78 is 5.66. The minimum atomic E-state index is 0.592. The second-order valence-electron chi connectivity index (χ2n) is 3.28. The summed E-state index contributed by atoms with van der Waals surface area (Å²) in [7, 11) is 0. The average Bonchev–Trinajstić information content (AvgIpc) is 2.33. The first-order valence-corrected chi connectivity index (χ1v) is 4.89. The minimum absolute atomic E-state index is 0.592. The van der Waals surface area contributed by atoms with Crippen LogP contribution in [0.1, 0.15) is 5.56 Å². The van der Waals surface area contributed by atoms with Gasteiger partial charge in [-0.3, -0.25) is 0 Å². The number of nitrogen functional groups attached to an aromatic ring is 1. The Bertz CT molecular complexity index is 540. The number of anilines is 1. The van der Waals surface area contributed by atoms with Crippen LogP contribution in [0.4, 0.5) is 5.69 Å². The smallest absolute Gasteiger partial charge is 0.150 e. The van der Waals surface area contributed by atoms with Crippen LogP contribution in [0, 0.1) is 12.3 Å². The van der Waals surface area contributed by atoms with Crippen LogP contribution in [-0.2, 0) is 0 Å². The molecule has 0 unspecified atom stereocenters. The monoisotopic (exact) mass is 209 g/mol. The summed E-state index contributed by atoms with van der Waals surface area (Å²) in [5, 5.41) is 0. The molecule has 0 saturated carbocycles. The molecule has 0 aliphatic heterocycles. The third-order valence-electron chi connectivity index (χ3n) is 2.18. The number of nitrogens with two attached hydrogens (primary N) is 1. The number of hydrogen-bond donors (Lipinski definition) is 1. The van der Waals surface area contributed by atoms with Crippen LogP contribution in [0.25, 0.3) is 0 Å². The highest BCUT2D eigenvalue weighted by atomic mass is 16.5. The van der Waals surface area contributed by atoms with E-state index in [0.29, 0.717) is 22.7 Å². The molecule has 78 valence electrons. The fraction of sp³-hybridized carbons (Fsp3) is 0. The summed E-state index contributed by atoms with van der Waals surface area (Å²) in [5.74, 6) is 3.83.